The summed E-state index contributed by atoms with van der Waals surface area (Å²) in [4.78, 5) is 21.2. The Bertz CT molecular complexity index is 1450. The predicted octanol–water partition coefficient (Wildman–Crippen LogP) is 4.75. The number of imidazole rings is 1. The zero-order valence-corrected chi connectivity index (χ0v) is 19.8. The molecule has 0 radical (unpaired) electrons. The van der Waals surface area contributed by atoms with E-state index in [1.165, 1.54) is 18.6 Å². The van der Waals surface area contributed by atoms with Crippen molar-refractivity contribution in [2.24, 2.45) is 0 Å². The SMILES string of the molecule is C#CCn1cc(-c2cnc3c(Cc4ccc(C(=O)COCCC)c(C)c4)nccn23)c(C(F)(F)F)n1. The number of carbonyl (C=O) groups is 1. The molecule has 186 valence electrons. The van der Waals surface area contributed by atoms with E-state index < -0.39 is 11.9 Å². The van der Waals surface area contributed by atoms with Gasteiger partial charge in [-0.1, -0.05) is 31.0 Å². The predicted molar refractivity (Wildman–Crippen MR) is 127 cm³/mol. The highest BCUT2D eigenvalue weighted by atomic mass is 19.4. The molecule has 0 saturated carbocycles. The maximum atomic E-state index is 13.7. The number of Topliss-reactive ketones (excluding diaryl/α,β-unsaturated/α-hetero) is 1. The van der Waals surface area contributed by atoms with Gasteiger partial charge >= 0.3 is 6.18 Å². The lowest BCUT2D eigenvalue weighted by Crippen LogP contribution is -2.11. The molecule has 0 bridgehead atoms. The Hall–Kier alpha value is -3.97. The molecule has 0 aliphatic carbocycles. The lowest BCUT2D eigenvalue weighted by molar-refractivity contribution is -0.141. The van der Waals surface area contributed by atoms with Gasteiger partial charge in [-0.3, -0.25) is 18.9 Å². The maximum Gasteiger partial charge on any atom is 0.435 e. The zero-order chi connectivity index (χ0) is 25.9. The number of alkyl halides is 3. The van der Waals surface area contributed by atoms with Gasteiger partial charge in [0.15, 0.2) is 17.1 Å². The summed E-state index contributed by atoms with van der Waals surface area (Å²) < 4.78 is 49.0. The molecular formula is C26H24F3N5O2. The van der Waals surface area contributed by atoms with Crippen LogP contribution in [0.4, 0.5) is 13.2 Å². The van der Waals surface area contributed by atoms with E-state index in [0.29, 0.717) is 29.9 Å². The van der Waals surface area contributed by atoms with Crippen molar-refractivity contribution < 1.29 is 22.7 Å². The first kappa shape index (κ1) is 25.1. The molecule has 1 aromatic carbocycles. The first-order chi connectivity index (χ1) is 17.2. The van der Waals surface area contributed by atoms with Crippen LogP contribution in [0.25, 0.3) is 16.9 Å². The fraction of sp³-hybridized carbons (Fsp3) is 0.308. The first-order valence-corrected chi connectivity index (χ1v) is 11.3. The van der Waals surface area contributed by atoms with E-state index in [2.05, 4.69) is 21.0 Å². The lowest BCUT2D eigenvalue weighted by Gasteiger charge is -2.09. The van der Waals surface area contributed by atoms with Gasteiger partial charge in [0.2, 0.25) is 0 Å². The summed E-state index contributed by atoms with van der Waals surface area (Å²) in [6.07, 6.45) is 7.53. The van der Waals surface area contributed by atoms with E-state index >= 15 is 0 Å². The van der Waals surface area contributed by atoms with Crippen LogP contribution in [0, 0.1) is 19.3 Å². The van der Waals surface area contributed by atoms with Crippen LogP contribution in [-0.2, 0) is 23.9 Å². The van der Waals surface area contributed by atoms with Gasteiger partial charge in [0, 0.05) is 37.2 Å². The van der Waals surface area contributed by atoms with E-state index in [0.717, 1.165) is 22.2 Å². The van der Waals surface area contributed by atoms with Gasteiger partial charge in [-0.15, -0.1) is 6.42 Å². The van der Waals surface area contributed by atoms with Gasteiger partial charge < -0.3 is 4.74 Å². The molecule has 0 spiro atoms. The van der Waals surface area contributed by atoms with Crippen LogP contribution in [0.5, 0.6) is 0 Å². The van der Waals surface area contributed by atoms with Crippen molar-refractivity contribution in [3.8, 4) is 23.6 Å². The van der Waals surface area contributed by atoms with Gasteiger partial charge in [0.25, 0.3) is 0 Å². The highest BCUT2D eigenvalue weighted by Gasteiger charge is 2.38. The second kappa shape index (κ2) is 10.3. The number of halogens is 3. The number of hydrogen-bond donors (Lipinski definition) is 0. The number of fused-ring (bicyclic) bond motifs is 1. The van der Waals surface area contributed by atoms with E-state index in [1.54, 1.807) is 16.7 Å². The molecule has 36 heavy (non-hydrogen) atoms. The van der Waals surface area contributed by atoms with Gasteiger partial charge in [0.05, 0.1) is 23.1 Å². The molecule has 10 heteroatoms. The molecule has 7 nitrogen and oxygen atoms in total. The molecule has 0 fully saturated rings. The molecule has 0 aliphatic heterocycles. The summed E-state index contributed by atoms with van der Waals surface area (Å²) in [5.74, 6) is 2.21. The van der Waals surface area contributed by atoms with Crippen LogP contribution < -0.4 is 0 Å². The number of terminal acetylenes is 1. The average Bonchev–Trinajstić information content (AvgIpc) is 3.44. The fourth-order valence-electron chi connectivity index (χ4n) is 4.02. The molecule has 3 heterocycles. The van der Waals surface area contributed by atoms with Crippen LogP contribution in [-0.4, -0.2) is 43.1 Å². The van der Waals surface area contributed by atoms with Crippen molar-refractivity contribution >= 4 is 11.4 Å². The molecule has 0 atom stereocenters. The molecule has 0 amide bonds. The Labute approximate surface area is 205 Å². The normalized spacial score (nSPS) is 11.7. The summed E-state index contributed by atoms with van der Waals surface area (Å²) in [6, 6.07) is 5.49. The van der Waals surface area contributed by atoms with Crippen molar-refractivity contribution in [1.29, 1.82) is 0 Å². The summed E-state index contributed by atoms with van der Waals surface area (Å²) in [7, 11) is 0. The maximum absolute atomic E-state index is 13.7. The van der Waals surface area contributed by atoms with Crippen molar-refractivity contribution in [3.05, 3.63) is 71.1 Å². The number of nitrogens with zero attached hydrogens (tertiary/aromatic N) is 5. The van der Waals surface area contributed by atoms with Crippen molar-refractivity contribution in [2.75, 3.05) is 13.2 Å². The molecule has 0 saturated heterocycles. The third-order valence-electron chi connectivity index (χ3n) is 5.60. The van der Waals surface area contributed by atoms with Crippen LogP contribution >= 0.6 is 0 Å². The van der Waals surface area contributed by atoms with Crippen LogP contribution in [0.1, 0.15) is 46.2 Å². The largest absolute Gasteiger partial charge is 0.435 e. The zero-order valence-electron chi connectivity index (χ0n) is 19.8. The second-order valence-electron chi connectivity index (χ2n) is 8.30. The van der Waals surface area contributed by atoms with Crippen molar-refractivity contribution in [1.82, 2.24) is 24.1 Å². The van der Waals surface area contributed by atoms with E-state index in [4.69, 9.17) is 11.2 Å². The summed E-state index contributed by atoms with van der Waals surface area (Å²) >= 11 is 0. The summed E-state index contributed by atoms with van der Waals surface area (Å²) in [5.41, 5.74) is 2.38. The Morgan fingerprint density at radius 2 is 2.06 bits per heavy atom. The third kappa shape index (κ3) is 5.16. The monoisotopic (exact) mass is 495 g/mol. The molecular weight excluding hydrogens is 471 g/mol. The highest BCUT2D eigenvalue weighted by Crippen LogP contribution is 2.36. The molecule has 0 unspecified atom stereocenters. The van der Waals surface area contributed by atoms with Gasteiger partial charge in [-0.05, 0) is 24.5 Å². The Morgan fingerprint density at radius 3 is 2.75 bits per heavy atom. The first-order valence-electron chi connectivity index (χ1n) is 11.3. The minimum atomic E-state index is -4.66. The van der Waals surface area contributed by atoms with Crippen LogP contribution in [0.2, 0.25) is 0 Å². The van der Waals surface area contributed by atoms with Crippen LogP contribution in [0.15, 0.2) is 43.0 Å². The Morgan fingerprint density at radius 1 is 1.25 bits per heavy atom. The van der Waals surface area contributed by atoms with Gasteiger partial charge in [-0.2, -0.15) is 18.3 Å². The quantitative estimate of drug-likeness (QED) is 0.190. The number of aromatic nitrogens is 5. The minimum absolute atomic E-state index is 0.0313. The highest BCUT2D eigenvalue weighted by molar-refractivity contribution is 5.98. The topological polar surface area (TPSA) is 74.3 Å². The average molecular weight is 496 g/mol. The van der Waals surface area contributed by atoms with E-state index in [1.807, 2.05) is 26.0 Å². The number of hydrogen-bond acceptors (Lipinski definition) is 5. The number of rotatable bonds is 9. The molecule has 3 aromatic heterocycles. The van der Waals surface area contributed by atoms with Gasteiger partial charge in [-0.25, -0.2) is 4.98 Å². The molecule has 4 rings (SSSR count). The standard InChI is InChI=1S/C26H24F3N5O2/c1-4-9-33-15-20(24(32-33)26(27,28)29)22-14-31-25-21(30-8-10-34(22)25)13-18-6-7-19(17(3)12-18)23(35)16-36-11-5-2/h1,6-8,10,12,14-15H,5,9,11,13,16H2,2-3H3. The molecule has 0 N–H and O–H groups in total. The number of ketones is 1. The van der Waals surface area contributed by atoms with Crippen molar-refractivity contribution in [2.45, 2.75) is 39.4 Å². The molecule has 4 aromatic rings. The smallest absolute Gasteiger partial charge is 0.373 e. The Kier molecular flexibility index (Phi) is 7.22. The number of benzene rings is 1. The van der Waals surface area contributed by atoms with E-state index in [-0.39, 0.29) is 30.2 Å². The number of carbonyl (C=O) groups excluding carboxylic acids is 1. The Balaban J connectivity index is 1.65. The number of aryl methyl sites for hydroxylation is 1. The van der Waals surface area contributed by atoms with E-state index in [9.17, 15) is 18.0 Å². The minimum Gasteiger partial charge on any atom is -0.373 e. The van der Waals surface area contributed by atoms with Crippen LogP contribution in [0.3, 0.4) is 0 Å². The molecule has 0 aliphatic rings. The third-order valence-corrected chi connectivity index (χ3v) is 5.60. The van der Waals surface area contributed by atoms with Gasteiger partial charge in [0.1, 0.15) is 13.2 Å². The van der Waals surface area contributed by atoms with Crippen molar-refractivity contribution in [3.63, 3.8) is 0 Å². The summed E-state index contributed by atoms with van der Waals surface area (Å²) in [5, 5.41) is 3.64. The summed E-state index contributed by atoms with van der Waals surface area (Å²) in [6.45, 7) is 4.30. The lowest BCUT2D eigenvalue weighted by atomic mass is 9.99. The number of ether oxygens (including phenoxy) is 1. The second-order valence-corrected chi connectivity index (χ2v) is 8.30. The fourth-order valence-corrected chi connectivity index (χ4v) is 4.02.